The number of urea groups is 1. The van der Waals surface area contributed by atoms with Crippen molar-refractivity contribution >= 4 is 34.6 Å². The van der Waals surface area contributed by atoms with Crippen LogP contribution in [0.3, 0.4) is 0 Å². The van der Waals surface area contributed by atoms with Gasteiger partial charge in [0.05, 0.1) is 6.54 Å². The lowest BCUT2D eigenvalue weighted by molar-refractivity contribution is 0.102. The zero-order chi connectivity index (χ0) is 20.1. The van der Waals surface area contributed by atoms with E-state index in [1.54, 1.807) is 0 Å². The van der Waals surface area contributed by atoms with E-state index in [0.29, 0.717) is 10.7 Å². The van der Waals surface area contributed by atoms with Gasteiger partial charge in [-0.25, -0.2) is 9.18 Å². The van der Waals surface area contributed by atoms with E-state index in [-0.39, 0.29) is 23.4 Å². The van der Waals surface area contributed by atoms with Crippen molar-refractivity contribution in [2.75, 3.05) is 10.6 Å². The predicted molar refractivity (Wildman–Crippen MR) is 106 cm³/mol. The lowest BCUT2D eigenvalue weighted by atomic mass is 10.1. The molecule has 3 aromatic rings. The number of aryl methyl sites for hydroxylation is 1. The summed E-state index contributed by atoms with van der Waals surface area (Å²) >= 11 is 1.07. The molecule has 3 rings (SSSR count). The fourth-order valence-electron chi connectivity index (χ4n) is 2.34. The van der Waals surface area contributed by atoms with Crippen molar-refractivity contribution in [1.29, 1.82) is 0 Å². The quantitative estimate of drug-likeness (QED) is 0.607. The van der Waals surface area contributed by atoms with Crippen molar-refractivity contribution < 1.29 is 14.0 Å². The van der Waals surface area contributed by atoms with E-state index in [0.717, 1.165) is 28.2 Å². The molecule has 9 heteroatoms. The number of amides is 3. The second kappa shape index (κ2) is 8.57. The zero-order valence-electron chi connectivity index (χ0n) is 15.2. The highest BCUT2D eigenvalue weighted by atomic mass is 32.1. The molecule has 0 aliphatic carbocycles. The van der Waals surface area contributed by atoms with Gasteiger partial charge in [-0.1, -0.05) is 23.5 Å². The van der Waals surface area contributed by atoms with E-state index < -0.39 is 5.91 Å². The topological polar surface area (TPSA) is 96.0 Å². The van der Waals surface area contributed by atoms with Gasteiger partial charge in [-0.15, -0.1) is 10.2 Å². The summed E-state index contributed by atoms with van der Waals surface area (Å²) in [5, 5.41) is 16.5. The van der Waals surface area contributed by atoms with Crippen LogP contribution in [0.2, 0.25) is 0 Å². The standard InChI is InChI=1S/C19H18FN5O2S/c1-11-4-3-5-15(12(11)2)23-19(27)21-10-16-24-25-18(28-16)17(26)22-14-8-6-13(20)7-9-14/h3-9H,10H2,1-2H3,(H,22,26)(H2,21,23,27). The van der Waals surface area contributed by atoms with Gasteiger partial charge >= 0.3 is 6.03 Å². The maximum Gasteiger partial charge on any atom is 0.319 e. The molecular formula is C19H18FN5O2S. The first-order valence-corrected chi connectivity index (χ1v) is 9.24. The summed E-state index contributed by atoms with van der Waals surface area (Å²) in [6.45, 7) is 4.04. The maximum absolute atomic E-state index is 12.9. The van der Waals surface area contributed by atoms with E-state index in [4.69, 9.17) is 0 Å². The van der Waals surface area contributed by atoms with Gasteiger partial charge in [0.25, 0.3) is 5.91 Å². The van der Waals surface area contributed by atoms with Crippen molar-refractivity contribution in [1.82, 2.24) is 15.5 Å². The van der Waals surface area contributed by atoms with Gasteiger partial charge in [-0.3, -0.25) is 4.79 Å². The Morgan fingerprint density at radius 1 is 1.04 bits per heavy atom. The number of nitrogens with one attached hydrogen (secondary N) is 3. The number of rotatable bonds is 5. The molecule has 0 aliphatic rings. The highest BCUT2D eigenvalue weighted by Gasteiger charge is 2.14. The number of hydrogen-bond donors (Lipinski definition) is 3. The minimum absolute atomic E-state index is 0.137. The number of anilines is 2. The summed E-state index contributed by atoms with van der Waals surface area (Å²) in [7, 11) is 0. The van der Waals surface area contributed by atoms with Crippen LogP contribution in [0.1, 0.15) is 25.9 Å². The summed E-state index contributed by atoms with van der Waals surface area (Å²) in [5.74, 6) is -0.836. The summed E-state index contributed by atoms with van der Waals surface area (Å²) in [5.41, 5.74) is 3.26. The number of hydrogen-bond acceptors (Lipinski definition) is 5. The summed E-state index contributed by atoms with van der Waals surface area (Å²) in [4.78, 5) is 24.2. The SMILES string of the molecule is Cc1cccc(NC(=O)NCc2nnc(C(=O)Nc3ccc(F)cc3)s2)c1C. The van der Waals surface area contributed by atoms with Crippen LogP contribution in [0.5, 0.6) is 0 Å². The first-order valence-electron chi connectivity index (χ1n) is 8.43. The Hall–Kier alpha value is -3.33. The highest BCUT2D eigenvalue weighted by Crippen LogP contribution is 2.18. The third kappa shape index (κ3) is 4.89. The van der Waals surface area contributed by atoms with Crippen LogP contribution in [0.25, 0.3) is 0 Å². The van der Waals surface area contributed by atoms with Crippen molar-refractivity contribution in [3.63, 3.8) is 0 Å². The van der Waals surface area contributed by atoms with Crippen molar-refractivity contribution in [2.24, 2.45) is 0 Å². The molecule has 0 fully saturated rings. The summed E-state index contributed by atoms with van der Waals surface area (Å²) in [6.07, 6.45) is 0. The van der Waals surface area contributed by atoms with Gasteiger partial charge in [0.1, 0.15) is 10.8 Å². The molecule has 2 aromatic carbocycles. The first kappa shape index (κ1) is 19.4. The Labute approximate surface area is 165 Å². The number of carbonyl (C=O) groups is 2. The Kier molecular flexibility index (Phi) is 5.95. The first-order chi connectivity index (χ1) is 13.4. The van der Waals surface area contributed by atoms with E-state index in [1.165, 1.54) is 24.3 Å². The van der Waals surface area contributed by atoms with Crippen molar-refractivity contribution in [3.05, 3.63) is 69.4 Å². The molecule has 0 unspecified atom stereocenters. The number of carbonyl (C=O) groups excluding carboxylic acids is 2. The average molecular weight is 399 g/mol. The number of halogens is 1. The molecule has 0 atom stereocenters. The van der Waals surface area contributed by atoms with Crippen LogP contribution >= 0.6 is 11.3 Å². The van der Waals surface area contributed by atoms with Gasteiger partial charge < -0.3 is 16.0 Å². The molecule has 144 valence electrons. The van der Waals surface area contributed by atoms with Gasteiger partial charge in [0.2, 0.25) is 5.01 Å². The molecule has 7 nitrogen and oxygen atoms in total. The predicted octanol–water partition coefficient (Wildman–Crippen LogP) is 3.87. The molecule has 0 aliphatic heterocycles. The third-order valence-electron chi connectivity index (χ3n) is 4.02. The van der Waals surface area contributed by atoms with Crippen molar-refractivity contribution in [2.45, 2.75) is 20.4 Å². The van der Waals surface area contributed by atoms with E-state index in [2.05, 4.69) is 26.1 Å². The van der Waals surface area contributed by atoms with Crippen LogP contribution in [0.4, 0.5) is 20.6 Å². The largest absolute Gasteiger partial charge is 0.331 e. The molecule has 0 spiro atoms. The molecule has 1 heterocycles. The second-order valence-electron chi connectivity index (χ2n) is 6.02. The van der Waals surface area contributed by atoms with Crippen LogP contribution in [0.15, 0.2) is 42.5 Å². The lowest BCUT2D eigenvalue weighted by Gasteiger charge is -2.10. The van der Waals surface area contributed by atoms with E-state index in [1.807, 2.05) is 32.0 Å². The third-order valence-corrected chi connectivity index (χ3v) is 4.94. The van der Waals surface area contributed by atoms with Crippen LogP contribution in [0, 0.1) is 19.7 Å². The van der Waals surface area contributed by atoms with Crippen molar-refractivity contribution in [3.8, 4) is 0 Å². The fraction of sp³-hybridized carbons (Fsp3) is 0.158. The number of nitrogens with zero attached hydrogens (tertiary/aromatic N) is 2. The smallest absolute Gasteiger partial charge is 0.319 e. The number of benzene rings is 2. The molecule has 3 N–H and O–H groups in total. The Balaban J connectivity index is 1.54. The molecule has 0 radical (unpaired) electrons. The summed E-state index contributed by atoms with van der Waals surface area (Å²) < 4.78 is 12.9. The van der Waals surface area contributed by atoms with Gasteiger partial charge in [-0.2, -0.15) is 0 Å². The van der Waals surface area contributed by atoms with Gasteiger partial charge in [0.15, 0.2) is 0 Å². The van der Waals surface area contributed by atoms with E-state index >= 15 is 0 Å². The maximum atomic E-state index is 12.9. The Bertz CT molecular complexity index is 1000. The Morgan fingerprint density at radius 2 is 1.79 bits per heavy atom. The zero-order valence-corrected chi connectivity index (χ0v) is 16.1. The molecule has 0 bridgehead atoms. The molecule has 0 saturated carbocycles. The minimum atomic E-state index is -0.449. The highest BCUT2D eigenvalue weighted by molar-refractivity contribution is 7.13. The van der Waals surface area contributed by atoms with Crippen LogP contribution < -0.4 is 16.0 Å². The van der Waals surface area contributed by atoms with Gasteiger partial charge in [0, 0.05) is 11.4 Å². The molecule has 3 amide bonds. The molecular weight excluding hydrogens is 381 g/mol. The minimum Gasteiger partial charge on any atom is -0.331 e. The second-order valence-corrected chi connectivity index (χ2v) is 7.08. The van der Waals surface area contributed by atoms with Gasteiger partial charge in [-0.05, 0) is 55.3 Å². The average Bonchev–Trinajstić information content (AvgIpc) is 3.15. The Morgan fingerprint density at radius 3 is 2.54 bits per heavy atom. The molecule has 28 heavy (non-hydrogen) atoms. The monoisotopic (exact) mass is 399 g/mol. The number of aromatic nitrogens is 2. The van der Waals surface area contributed by atoms with Crippen LogP contribution in [-0.2, 0) is 6.54 Å². The molecule has 1 aromatic heterocycles. The van der Waals surface area contributed by atoms with E-state index in [9.17, 15) is 14.0 Å². The molecule has 0 saturated heterocycles. The van der Waals surface area contributed by atoms with Crippen LogP contribution in [-0.4, -0.2) is 22.1 Å². The lowest BCUT2D eigenvalue weighted by Crippen LogP contribution is -2.28. The normalized spacial score (nSPS) is 10.4. The fourth-order valence-corrected chi connectivity index (χ4v) is 3.02. The summed E-state index contributed by atoms with van der Waals surface area (Å²) in [6, 6.07) is 10.7.